The molecule has 37 heavy (non-hydrogen) atoms. The molecule has 0 bridgehead atoms. The zero-order valence-electron chi connectivity index (χ0n) is 20.2. The van der Waals surface area contributed by atoms with Crippen molar-refractivity contribution in [2.45, 2.75) is 38.5 Å². The quantitative estimate of drug-likeness (QED) is 0.281. The molecule has 13 heteroatoms. The zero-order valence-corrected chi connectivity index (χ0v) is 21.1. The Labute approximate surface area is 214 Å². The van der Waals surface area contributed by atoms with E-state index in [1.807, 2.05) is 24.3 Å². The third-order valence-corrected chi connectivity index (χ3v) is 7.11. The molecular weight excluding hydrogens is 504 g/mol. The summed E-state index contributed by atoms with van der Waals surface area (Å²) in [5.74, 6) is -3.38. The first-order chi connectivity index (χ1) is 17.4. The topological polar surface area (TPSA) is 119 Å². The smallest absolute Gasteiger partial charge is 0.324 e. The molecule has 192 valence electrons. The Bertz CT molecular complexity index is 1510. The number of benzene rings is 1. The molecule has 1 aliphatic rings. The average molecular weight is 528 g/mol. The van der Waals surface area contributed by atoms with Crippen molar-refractivity contribution in [2.75, 3.05) is 23.3 Å². The van der Waals surface area contributed by atoms with E-state index < -0.39 is 23.3 Å². The molecule has 0 spiro atoms. The number of nitrogens with zero attached hydrogens (tertiary/aromatic N) is 6. The highest BCUT2D eigenvalue weighted by atomic mass is 32.1. The number of fused-ring (bicyclic) bond motifs is 1. The fourth-order valence-corrected chi connectivity index (χ4v) is 4.76. The summed E-state index contributed by atoms with van der Waals surface area (Å²) in [6, 6.07) is 10.3. The standard InChI is InChI=1S/C24H23F2N7O3S/c1-23(2,3)14-4-6-15(7-5-14)32-20-16(12-27-32)19(28-21(34)17-8-9-18(37-17)33(35)36)29-22(30-20)31-11-10-24(25,26)13-31/h4-9,12H,10-11,13H2,1-3H3,(H,28,29,30,34). The van der Waals surface area contributed by atoms with Crippen LogP contribution in [0, 0.1) is 10.1 Å². The maximum Gasteiger partial charge on any atom is 0.324 e. The predicted octanol–water partition coefficient (Wildman–Crippen LogP) is 5.18. The Hall–Kier alpha value is -4.00. The molecule has 4 heterocycles. The number of nitrogens with one attached hydrogen (secondary N) is 1. The van der Waals surface area contributed by atoms with Crippen molar-refractivity contribution in [3.8, 4) is 5.69 Å². The molecule has 1 N–H and O–H groups in total. The van der Waals surface area contributed by atoms with Crippen molar-refractivity contribution >= 4 is 45.0 Å². The molecule has 10 nitrogen and oxygen atoms in total. The summed E-state index contributed by atoms with van der Waals surface area (Å²) in [6.07, 6.45) is 1.16. The van der Waals surface area contributed by atoms with Gasteiger partial charge in [-0.05, 0) is 29.2 Å². The van der Waals surface area contributed by atoms with Gasteiger partial charge in [0.1, 0.15) is 5.82 Å². The minimum absolute atomic E-state index is 0.0326. The summed E-state index contributed by atoms with van der Waals surface area (Å²) < 4.78 is 29.5. The summed E-state index contributed by atoms with van der Waals surface area (Å²) in [5, 5.41) is 18.3. The fourth-order valence-electron chi connectivity index (χ4n) is 4.05. The van der Waals surface area contributed by atoms with Crippen molar-refractivity contribution in [3.63, 3.8) is 0 Å². The first-order valence-corrected chi connectivity index (χ1v) is 12.3. The molecule has 0 aliphatic carbocycles. The molecule has 1 amide bonds. The third-order valence-electron chi connectivity index (χ3n) is 6.07. The minimum Gasteiger partial charge on any atom is -0.334 e. The molecule has 4 aromatic rings. The minimum atomic E-state index is -2.87. The van der Waals surface area contributed by atoms with Crippen LogP contribution in [0.3, 0.4) is 0 Å². The van der Waals surface area contributed by atoms with Gasteiger partial charge in [0, 0.05) is 19.0 Å². The first-order valence-electron chi connectivity index (χ1n) is 11.5. The van der Waals surface area contributed by atoms with Gasteiger partial charge >= 0.3 is 5.00 Å². The van der Waals surface area contributed by atoms with Gasteiger partial charge in [0.2, 0.25) is 5.95 Å². The van der Waals surface area contributed by atoms with Crippen LogP contribution in [0.25, 0.3) is 16.7 Å². The Morgan fingerprint density at radius 2 is 1.89 bits per heavy atom. The van der Waals surface area contributed by atoms with Gasteiger partial charge in [0.15, 0.2) is 5.65 Å². The summed E-state index contributed by atoms with van der Waals surface area (Å²) in [4.78, 5) is 33.7. The van der Waals surface area contributed by atoms with Crippen LogP contribution in [-0.2, 0) is 5.41 Å². The van der Waals surface area contributed by atoms with E-state index >= 15 is 0 Å². The van der Waals surface area contributed by atoms with Crippen LogP contribution in [0.2, 0.25) is 0 Å². The Morgan fingerprint density at radius 3 is 2.49 bits per heavy atom. The molecule has 5 rings (SSSR count). The third kappa shape index (κ3) is 4.86. The summed E-state index contributed by atoms with van der Waals surface area (Å²) in [7, 11) is 0. The van der Waals surface area contributed by atoms with Gasteiger partial charge in [-0.2, -0.15) is 15.1 Å². The SMILES string of the molecule is CC(C)(C)c1ccc(-n2ncc3c(NC(=O)c4ccc([N+](=O)[O-])s4)nc(N4CCC(F)(F)C4)nc32)cc1. The lowest BCUT2D eigenvalue weighted by molar-refractivity contribution is -0.380. The second-order valence-electron chi connectivity index (χ2n) is 9.84. The number of thiophene rings is 1. The molecule has 1 aromatic carbocycles. The monoisotopic (exact) mass is 527 g/mol. The molecule has 0 radical (unpaired) electrons. The van der Waals surface area contributed by atoms with Crippen molar-refractivity contribution in [2.24, 2.45) is 0 Å². The molecule has 0 saturated carbocycles. The van der Waals surface area contributed by atoms with Crippen LogP contribution in [-0.4, -0.2) is 49.6 Å². The number of amides is 1. The van der Waals surface area contributed by atoms with E-state index in [0.717, 1.165) is 16.9 Å². The van der Waals surface area contributed by atoms with Gasteiger partial charge in [-0.15, -0.1) is 0 Å². The van der Waals surface area contributed by atoms with E-state index in [2.05, 4.69) is 41.2 Å². The Kier molecular flexibility index (Phi) is 5.89. The van der Waals surface area contributed by atoms with E-state index in [9.17, 15) is 23.7 Å². The molecule has 1 fully saturated rings. The van der Waals surface area contributed by atoms with Crippen LogP contribution < -0.4 is 10.2 Å². The van der Waals surface area contributed by atoms with Gasteiger partial charge < -0.3 is 10.2 Å². The number of carbonyl (C=O) groups is 1. The molecule has 0 atom stereocenters. The van der Waals surface area contributed by atoms with Crippen LogP contribution in [0.4, 0.5) is 25.5 Å². The van der Waals surface area contributed by atoms with Gasteiger partial charge in [-0.25, -0.2) is 13.5 Å². The van der Waals surface area contributed by atoms with Crippen molar-refractivity contribution < 1.29 is 18.5 Å². The van der Waals surface area contributed by atoms with Crippen molar-refractivity contribution in [3.05, 3.63) is 63.1 Å². The number of alkyl halides is 2. The maximum atomic E-state index is 14.0. The van der Waals surface area contributed by atoms with Crippen molar-refractivity contribution in [1.29, 1.82) is 0 Å². The lowest BCUT2D eigenvalue weighted by atomic mass is 9.87. The second-order valence-corrected chi connectivity index (χ2v) is 10.9. The lowest BCUT2D eigenvalue weighted by Crippen LogP contribution is -2.27. The number of halogens is 2. The van der Waals surface area contributed by atoms with E-state index in [-0.39, 0.29) is 40.0 Å². The molecule has 0 unspecified atom stereocenters. The number of aromatic nitrogens is 4. The first kappa shape index (κ1) is 24.7. The summed E-state index contributed by atoms with van der Waals surface area (Å²) in [5.41, 5.74) is 2.11. The van der Waals surface area contributed by atoms with Crippen LogP contribution in [0.5, 0.6) is 0 Å². The van der Waals surface area contributed by atoms with Crippen molar-refractivity contribution in [1.82, 2.24) is 19.7 Å². The predicted molar refractivity (Wildman–Crippen MR) is 136 cm³/mol. The van der Waals surface area contributed by atoms with Gasteiger partial charge in [0.25, 0.3) is 11.8 Å². The second kappa shape index (κ2) is 8.83. The number of anilines is 2. The van der Waals surface area contributed by atoms with Gasteiger partial charge in [-0.3, -0.25) is 14.9 Å². The maximum absolute atomic E-state index is 14.0. The van der Waals surface area contributed by atoms with E-state index in [0.29, 0.717) is 16.7 Å². The highest BCUT2D eigenvalue weighted by molar-refractivity contribution is 7.17. The highest BCUT2D eigenvalue weighted by Crippen LogP contribution is 2.33. The molecule has 3 aromatic heterocycles. The lowest BCUT2D eigenvalue weighted by Gasteiger charge is -2.19. The molecule has 1 aliphatic heterocycles. The Morgan fingerprint density at radius 1 is 1.16 bits per heavy atom. The molecule has 1 saturated heterocycles. The average Bonchev–Trinajstić information content (AvgIpc) is 3.56. The zero-order chi connectivity index (χ0) is 26.5. The fraction of sp³-hybridized carbons (Fsp3) is 0.333. The van der Waals surface area contributed by atoms with E-state index in [1.54, 1.807) is 4.68 Å². The largest absolute Gasteiger partial charge is 0.334 e. The van der Waals surface area contributed by atoms with Crippen LogP contribution in [0.1, 0.15) is 42.4 Å². The molecular formula is C24H23F2N7O3S. The number of hydrogen-bond donors (Lipinski definition) is 1. The van der Waals surface area contributed by atoms with Crippen LogP contribution in [0.15, 0.2) is 42.6 Å². The Balaban J connectivity index is 1.57. The van der Waals surface area contributed by atoms with Gasteiger partial charge in [0.05, 0.1) is 33.6 Å². The van der Waals surface area contributed by atoms with Crippen LogP contribution >= 0.6 is 11.3 Å². The van der Waals surface area contributed by atoms with E-state index in [1.165, 1.54) is 23.2 Å². The van der Waals surface area contributed by atoms with Gasteiger partial charge in [-0.1, -0.05) is 44.2 Å². The number of nitro groups is 1. The summed E-state index contributed by atoms with van der Waals surface area (Å²) in [6.45, 7) is 5.82. The number of carbonyl (C=O) groups excluding carboxylic acids is 1. The normalized spacial score (nSPS) is 15.3. The van der Waals surface area contributed by atoms with E-state index in [4.69, 9.17) is 0 Å². The highest BCUT2D eigenvalue weighted by Gasteiger charge is 2.39. The number of hydrogen-bond acceptors (Lipinski definition) is 8. The number of rotatable bonds is 5. The summed E-state index contributed by atoms with van der Waals surface area (Å²) >= 11 is 0.723.